The molecule has 0 fully saturated rings. The predicted molar refractivity (Wildman–Crippen MR) is 112 cm³/mol. The average molecular weight is 383 g/mol. The maximum absolute atomic E-state index is 12.9. The van der Waals surface area contributed by atoms with Crippen LogP contribution in [0.5, 0.6) is 0 Å². The van der Waals surface area contributed by atoms with Crippen molar-refractivity contribution in [2.24, 2.45) is 0 Å². The van der Waals surface area contributed by atoms with Crippen LogP contribution < -0.4 is 5.32 Å². The lowest BCUT2D eigenvalue weighted by atomic mass is 10.1. The molecule has 2 aromatic carbocycles. The highest BCUT2D eigenvalue weighted by Crippen LogP contribution is 2.27. The van der Waals surface area contributed by atoms with Gasteiger partial charge >= 0.3 is 0 Å². The Bertz CT molecular complexity index is 1190. The van der Waals surface area contributed by atoms with Crippen molar-refractivity contribution in [3.63, 3.8) is 0 Å². The number of rotatable bonds is 4. The lowest BCUT2D eigenvalue weighted by Gasteiger charge is -2.09. The van der Waals surface area contributed by atoms with E-state index in [1.807, 2.05) is 61.7 Å². The second kappa shape index (κ2) is 7.05. The van der Waals surface area contributed by atoms with Gasteiger partial charge in [-0.25, -0.2) is 9.67 Å². The molecule has 1 N–H and O–H groups in total. The van der Waals surface area contributed by atoms with Crippen molar-refractivity contribution in [2.45, 2.75) is 26.3 Å². The summed E-state index contributed by atoms with van der Waals surface area (Å²) in [4.78, 5) is 17.4. The Morgan fingerprint density at radius 2 is 1.93 bits per heavy atom. The molecular formula is C23H21N5O. The second-order valence-corrected chi connectivity index (χ2v) is 7.24. The highest BCUT2D eigenvalue weighted by Gasteiger charge is 2.18. The van der Waals surface area contributed by atoms with Gasteiger partial charge in [-0.1, -0.05) is 30.3 Å². The van der Waals surface area contributed by atoms with Gasteiger partial charge in [0.25, 0.3) is 5.91 Å². The zero-order chi connectivity index (χ0) is 19.8. The number of aromatic nitrogens is 4. The minimum Gasteiger partial charge on any atom is -0.328 e. The fourth-order valence-corrected chi connectivity index (χ4v) is 3.91. The van der Waals surface area contributed by atoms with E-state index < -0.39 is 0 Å². The van der Waals surface area contributed by atoms with Crippen molar-refractivity contribution in [2.75, 3.05) is 5.32 Å². The van der Waals surface area contributed by atoms with Gasteiger partial charge in [0.15, 0.2) is 0 Å². The molecule has 0 bridgehead atoms. The van der Waals surface area contributed by atoms with Crippen LogP contribution in [0.1, 0.15) is 28.3 Å². The SMILES string of the molecule is Cc1c(C(=O)Nc2cccc(-c3cnc4n3CCC4)c2)cnn1-c1ccccc1. The summed E-state index contributed by atoms with van der Waals surface area (Å²) in [5.74, 6) is 0.971. The van der Waals surface area contributed by atoms with E-state index in [0.29, 0.717) is 5.56 Å². The Morgan fingerprint density at radius 1 is 1.07 bits per heavy atom. The van der Waals surface area contributed by atoms with Crippen molar-refractivity contribution in [3.05, 3.63) is 84.1 Å². The van der Waals surface area contributed by atoms with Crippen molar-refractivity contribution in [3.8, 4) is 16.9 Å². The van der Waals surface area contributed by atoms with Gasteiger partial charge in [0.05, 0.1) is 35.0 Å². The number of fused-ring (bicyclic) bond motifs is 1. The molecule has 6 nitrogen and oxygen atoms in total. The Hall–Kier alpha value is -3.67. The largest absolute Gasteiger partial charge is 0.328 e. The van der Waals surface area contributed by atoms with E-state index in [9.17, 15) is 4.79 Å². The summed E-state index contributed by atoms with van der Waals surface area (Å²) in [6.07, 6.45) is 5.70. The van der Waals surface area contributed by atoms with Gasteiger partial charge < -0.3 is 9.88 Å². The van der Waals surface area contributed by atoms with Gasteiger partial charge in [-0.05, 0) is 37.6 Å². The number of nitrogens with one attached hydrogen (secondary N) is 1. The molecule has 5 rings (SSSR count). The van der Waals surface area contributed by atoms with Crippen molar-refractivity contribution >= 4 is 11.6 Å². The molecule has 1 aliphatic heterocycles. The number of imidazole rings is 1. The minimum absolute atomic E-state index is 0.166. The summed E-state index contributed by atoms with van der Waals surface area (Å²) in [6, 6.07) is 17.7. The van der Waals surface area contributed by atoms with E-state index in [0.717, 1.165) is 53.5 Å². The molecule has 0 spiro atoms. The van der Waals surface area contributed by atoms with Gasteiger partial charge in [-0.3, -0.25) is 4.79 Å². The molecule has 0 radical (unpaired) electrons. The molecule has 2 aromatic heterocycles. The third-order valence-electron chi connectivity index (χ3n) is 5.39. The summed E-state index contributed by atoms with van der Waals surface area (Å²) in [5.41, 5.74) is 5.21. The van der Waals surface area contributed by atoms with Crippen LogP contribution in [0.15, 0.2) is 67.0 Å². The summed E-state index contributed by atoms with van der Waals surface area (Å²) in [5, 5.41) is 7.40. The molecule has 1 aliphatic rings. The Balaban J connectivity index is 1.40. The molecule has 4 aromatic rings. The van der Waals surface area contributed by atoms with Crippen LogP contribution in [0.2, 0.25) is 0 Å². The number of nitrogens with zero attached hydrogens (tertiary/aromatic N) is 4. The molecule has 29 heavy (non-hydrogen) atoms. The van der Waals surface area contributed by atoms with Crippen LogP contribution >= 0.6 is 0 Å². The Kier molecular flexibility index (Phi) is 4.24. The zero-order valence-electron chi connectivity index (χ0n) is 16.2. The molecule has 3 heterocycles. The smallest absolute Gasteiger partial charge is 0.259 e. The fraction of sp³-hybridized carbons (Fsp3) is 0.174. The predicted octanol–water partition coefficient (Wildman–Crippen LogP) is 4.24. The fourth-order valence-electron chi connectivity index (χ4n) is 3.91. The van der Waals surface area contributed by atoms with Crippen LogP contribution in [0, 0.1) is 6.92 Å². The van der Waals surface area contributed by atoms with Gasteiger partial charge in [-0.2, -0.15) is 5.10 Å². The molecule has 0 saturated heterocycles. The highest BCUT2D eigenvalue weighted by molar-refractivity contribution is 6.05. The number of carbonyl (C=O) groups is 1. The maximum Gasteiger partial charge on any atom is 0.259 e. The zero-order valence-corrected chi connectivity index (χ0v) is 16.2. The van der Waals surface area contributed by atoms with E-state index in [1.54, 1.807) is 10.9 Å². The maximum atomic E-state index is 12.9. The van der Waals surface area contributed by atoms with Gasteiger partial charge in [0.2, 0.25) is 0 Å². The summed E-state index contributed by atoms with van der Waals surface area (Å²) in [6.45, 7) is 2.90. The third kappa shape index (κ3) is 3.12. The number of hydrogen-bond acceptors (Lipinski definition) is 3. The first kappa shape index (κ1) is 17.4. The number of anilines is 1. The molecule has 1 amide bonds. The van der Waals surface area contributed by atoms with E-state index in [4.69, 9.17) is 0 Å². The van der Waals surface area contributed by atoms with Gasteiger partial charge in [-0.15, -0.1) is 0 Å². The lowest BCUT2D eigenvalue weighted by Crippen LogP contribution is -2.13. The van der Waals surface area contributed by atoms with Crippen LogP contribution in [-0.2, 0) is 13.0 Å². The number of aryl methyl sites for hydroxylation is 1. The van der Waals surface area contributed by atoms with E-state index >= 15 is 0 Å². The van der Waals surface area contributed by atoms with Gasteiger partial charge in [0.1, 0.15) is 5.82 Å². The first-order valence-corrected chi connectivity index (χ1v) is 9.77. The average Bonchev–Trinajstić information content (AvgIpc) is 3.44. The normalized spacial score (nSPS) is 12.7. The number of carbonyl (C=O) groups excluding carboxylic acids is 1. The standard InChI is InChI=1S/C23H21N5O/c1-16-20(14-25-28(16)19-9-3-2-4-10-19)23(29)26-18-8-5-7-17(13-18)21-15-24-22-11-6-12-27(21)22/h2-5,7-10,13-15H,6,11-12H2,1H3,(H,26,29). The lowest BCUT2D eigenvalue weighted by molar-refractivity contribution is 0.102. The summed E-state index contributed by atoms with van der Waals surface area (Å²) in [7, 11) is 0. The van der Waals surface area contributed by atoms with Crippen LogP contribution in [-0.4, -0.2) is 25.2 Å². The second-order valence-electron chi connectivity index (χ2n) is 7.24. The van der Waals surface area contributed by atoms with E-state index in [1.165, 1.54) is 0 Å². The molecule has 144 valence electrons. The number of para-hydroxylation sites is 1. The molecule has 0 unspecified atom stereocenters. The molecule has 0 aliphatic carbocycles. The number of hydrogen-bond donors (Lipinski definition) is 1. The third-order valence-corrected chi connectivity index (χ3v) is 5.39. The van der Waals surface area contributed by atoms with E-state index in [2.05, 4.69) is 26.0 Å². The number of benzene rings is 2. The van der Waals surface area contributed by atoms with Crippen molar-refractivity contribution < 1.29 is 4.79 Å². The summed E-state index contributed by atoms with van der Waals surface area (Å²) >= 11 is 0. The highest BCUT2D eigenvalue weighted by atomic mass is 16.1. The molecular weight excluding hydrogens is 362 g/mol. The van der Waals surface area contributed by atoms with Gasteiger partial charge in [0, 0.05) is 24.2 Å². The monoisotopic (exact) mass is 383 g/mol. The molecule has 6 heteroatoms. The molecule has 0 saturated carbocycles. The summed E-state index contributed by atoms with van der Waals surface area (Å²) < 4.78 is 4.04. The Labute approximate surface area is 168 Å². The van der Waals surface area contributed by atoms with Crippen LogP contribution in [0.4, 0.5) is 5.69 Å². The minimum atomic E-state index is -0.166. The van der Waals surface area contributed by atoms with Crippen molar-refractivity contribution in [1.29, 1.82) is 0 Å². The first-order valence-electron chi connectivity index (χ1n) is 9.77. The molecule has 0 atom stereocenters. The van der Waals surface area contributed by atoms with Crippen LogP contribution in [0.3, 0.4) is 0 Å². The number of amides is 1. The first-order chi connectivity index (χ1) is 14.2. The van der Waals surface area contributed by atoms with E-state index in [-0.39, 0.29) is 5.91 Å². The quantitative estimate of drug-likeness (QED) is 0.573. The van der Waals surface area contributed by atoms with Crippen molar-refractivity contribution in [1.82, 2.24) is 19.3 Å². The topological polar surface area (TPSA) is 64.7 Å². The van der Waals surface area contributed by atoms with Crippen LogP contribution in [0.25, 0.3) is 16.9 Å². The Morgan fingerprint density at radius 3 is 2.79 bits per heavy atom.